The van der Waals surface area contributed by atoms with Crippen LogP contribution in [0.1, 0.15) is 23.2 Å². The zero-order valence-electron chi connectivity index (χ0n) is 9.33. The molecule has 0 N–H and O–H groups in total. The van der Waals surface area contributed by atoms with Gasteiger partial charge in [-0.3, -0.25) is 4.79 Å². The van der Waals surface area contributed by atoms with Crippen LogP contribution in [0.25, 0.3) is 0 Å². The monoisotopic (exact) mass is 405 g/mol. The summed E-state index contributed by atoms with van der Waals surface area (Å²) < 4.78 is 1.93. The minimum atomic E-state index is 0.109. The summed E-state index contributed by atoms with van der Waals surface area (Å²) in [5.41, 5.74) is 0.772. The summed E-state index contributed by atoms with van der Waals surface area (Å²) in [5.74, 6) is 0.109. The molecule has 0 spiro atoms. The van der Waals surface area contributed by atoms with Crippen molar-refractivity contribution in [2.24, 2.45) is 0 Å². The molecule has 0 unspecified atom stereocenters. The summed E-state index contributed by atoms with van der Waals surface area (Å²) in [6, 6.07) is 6.21. The van der Waals surface area contributed by atoms with Gasteiger partial charge >= 0.3 is 0 Å². The van der Waals surface area contributed by atoms with Crippen molar-refractivity contribution < 1.29 is 4.79 Å². The van der Waals surface area contributed by atoms with Crippen molar-refractivity contribution in [2.45, 2.75) is 18.9 Å². The van der Waals surface area contributed by atoms with Crippen LogP contribution in [0.4, 0.5) is 0 Å². The first kappa shape index (κ1) is 13.1. The molecule has 1 fully saturated rings. The average molecular weight is 406 g/mol. The summed E-state index contributed by atoms with van der Waals surface area (Å²) in [4.78, 5) is 14.4. The second kappa shape index (κ2) is 5.52. The average Bonchev–Trinajstić information content (AvgIpc) is 3.12. The highest BCUT2D eigenvalue weighted by Crippen LogP contribution is 2.29. The van der Waals surface area contributed by atoms with E-state index in [1.165, 1.54) is 0 Å². The largest absolute Gasteiger partial charge is 0.332 e. The van der Waals surface area contributed by atoms with Crippen molar-refractivity contribution in [3.8, 4) is 0 Å². The Morgan fingerprint density at radius 3 is 2.88 bits per heavy atom. The van der Waals surface area contributed by atoms with Crippen molar-refractivity contribution in [1.82, 2.24) is 4.90 Å². The van der Waals surface area contributed by atoms with Gasteiger partial charge < -0.3 is 4.90 Å². The van der Waals surface area contributed by atoms with Crippen molar-refractivity contribution in [3.63, 3.8) is 0 Å². The highest BCUT2D eigenvalue weighted by molar-refractivity contribution is 14.1. The fourth-order valence-corrected chi connectivity index (χ4v) is 2.67. The summed E-state index contributed by atoms with van der Waals surface area (Å²) in [6.45, 7) is 4.35. The molecule has 1 aliphatic carbocycles. The van der Waals surface area contributed by atoms with Crippen LogP contribution in [0.5, 0.6) is 0 Å². The van der Waals surface area contributed by atoms with Gasteiger partial charge in [0.15, 0.2) is 0 Å². The van der Waals surface area contributed by atoms with E-state index in [0.717, 1.165) is 26.4 Å². The van der Waals surface area contributed by atoms with Crippen LogP contribution in [0.3, 0.4) is 0 Å². The Kier molecular flexibility index (Phi) is 4.25. The molecule has 1 amide bonds. The number of carbonyl (C=O) groups excluding carboxylic acids is 1. The number of rotatable bonds is 4. The van der Waals surface area contributed by atoms with Crippen molar-refractivity contribution in [3.05, 3.63) is 44.5 Å². The molecule has 2 nitrogen and oxygen atoms in total. The molecule has 0 aliphatic heterocycles. The van der Waals surface area contributed by atoms with Crippen LogP contribution in [-0.2, 0) is 0 Å². The first-order valence-corrected chi connectivity index (χ1v) is 7.37. The Morgan fingerprint density at radius 1 is 1.59 bits per heavy atom. The number of hydrogen-bond donors (Lipinski definition) is 0. The molecule has 0 radical (unpaired) electrons. The van der Waals surface area contributed by atoms with Crippen LogP contribution < -0.4 is 0 Å². The van der Waals surface area contributed by atoms with Gasteiger partial charge in [0, 0.05) is 20.6 Å². The van der Waals surface area contributed by atoms with E-state index in [0.29, 0.717) is 12.6 Å². The molecule has 2 rings (SSSR count). The molecule has 0 heterocycles. The molecule has 1 aromatic rings. The Balaban J connectivity index is 2.27. The Labute approximate surface area is 123 Å². The summed E-state index contributed by atoms with van der Waals surface area (Å²) >= 11 is 5.61. The lowest BCUT2D eigenvalue weighted by atomic mass is 10.2. The molecular formula is C13H13BrINO. The highest BCUT2D eigenvalue weighted by atomic mass is 127. The third-order valence-corrected chi connectivity index (χ3v) is 4.17. The fraction of sp³-hybridized carbons (Fsp3) is 0.308. The van der Waals surface area contributed by atoms with Crippen LogP contribution in [0.15, 0.2) is 35.3 Å². The zero-order chi connectivity index (χ0) is 12.4. The van der Waals surface area contributed by atoms with Crippen molar-refractivity contribution >= 4 is 44.4 Å². The maximum atomic E-state index is 12.4. The first-order valence-electron chi connectivity index (χ1n) is 5.50. The maximum absolute atomic E-state index is 12.4. The second-order valence-corrected chi connectivity index (χ2v) is 6.18. The lowest BCUT2D eigenvalue weighted by Gasteiger charge is -2.21. The smallest absolute Gasteiger partial charge is 0.255 e. The van der Waals surface area contributed by atoms with Gasteiger partial charge in [-0.05, 0) is 53.6 Å². The SMILES string of the molecule is C=CCN(C(=O)c1cc(Br)ccc1I)C1CC1. The molecule has 0 bridgehead atoms. The maximum Gasteiger partial charge on any atom is 0.255 e. The lowest BCUT2D eigenvalue weighted by molar-refractivity contribution is 0.0761. The molecule has 0 saturated heterocycles. The summed E-state index contributed by atoms with van der Waals surface area (Å²) in [5, 5.41) is 0. The Hall–Kier alpha value is -0.360. The number of halogens is 2. The summed E-state index contributed by atoms with van der Waals surface area (Å²) in [7, 11) is 0. The molecule has 1 aliphatic rings. The summed E-state index contributed by atoms with van der Waals surface area (Å²) in [6.07, 6.45) is 4.02. The first-order chi connectivity index (χ1) is 8.13. The van der Waals surface area contributed by atoms with Crippen LogP contribution in [0.2, 0.25) is 0 Å². The number of amides is 1. The zero-order valence-corrected chi connectivity index (χ0v) is 13.1. The van der Waals surface area contributed by atoms with Gasteiger partial charge in [-0.2, -0.15) is 0 Å². The van der Waals surface area contributed by atoms with E-state index in [2.05, 4.69) is 45.1 Å². The number of nitrogens with zero attached hydrogens (tertiary/aromatic N) is 1. The fourth-order valence-electron chi connectivity index (χ4n) is 1.74. The van der Waals surface area contributed by atoms with E-state index in [9.17, 15) is 4.79 Å². The predicted octanol–water partition coefficient (Wildman–Crippen LogP) is 3.84. The Bertz CT molecular complexity index is 457. The molecule has 1 aromatic carbocycles. The van der Waals surface area contributed by atoms with Gasteiger partial charge in [-0.25, -0.2) is 0 Å². The minimum Gasteiger partial charge on any atom is -0.332 e. The number of benzene rings is 1. The van der Waals surface area contributed by atoms with Crippen molar-refractivity contribution in [2.75, 3.05) is 6.54 Å². The standard InChI is InChI=1S/C13H13BrINO/c1-2-7-16(10-4-5-10)13(17)11-8-9(14)3-6-12(11)15/h2-3,6,8,10H,1,4-5,7H2. The van der Waals surface area contributed by atoms with Crippen LogP contribution in [-0.4, -0.2) is 23.4 Å². The molecule has 0 atom stereocenters. The molecular weight excluding hydrogens is 393 g/mol. The Morgan fingerprint density at radius 2 is 2.29 bits per heavy atom. The van der Waals surface area contributed by atoms with Gasteiger partial charge in [-0.1, -0.05) is 22.0 Å². The van der Waals surface area contributed by atoms with E-state index in [1.807, 2.05) is 23.1 Å². The quantitative estimate of drug-likeness (QED) is 0.550. The van der Waals surface area contributed by atoms with E-state index in [-0.39, 0.29) is 5.91 Å². The topological polar surface area (TPSA) is 20.3 Å². The van der Waals surface area contributed by atoms with Gasteiger partial charge in [0.25, 0.3) is 5.91 Å². The van der Waals surface area contributed by atoms with E-state index < -0.39 is 0 Å². The molecule has 90 valence electrons. The molecule has 4 heteroatoms. The van der Waals surface area contributed by atoms with Crippen LogP contribution >= 0.6 is 38.5 Å². The van der Waals surface area contributed by atoms with Crippen molar-refractivity contribution in [1.29, 1.82) is 0 Å². The molecule has 0 aromatic heterocycles. The van der Waals surface area contributed by atoms with Crippen LogP contribution in [0, 0.1) is 3.57 Å². The third kappa shape index (κ3) is 3.10. The predicted molar refractivity (Wildman–Crippen MR) is 81.1 cm³/mol. The lowest BCUT2D eigenvalue weighted by Crippen LogP contribution is -2.33. The van der Waals surface area contributed by atoms with Gasteiger partial charge in [0.05, 0.1) is 5.56 Å². The van der Waals surface area contributed by atoms with E-state index >= 15 is 0 Å². The molecule has 17 heavy (non-hydrogen) atoms. The number of hydrogen-bond acceptors (Lipinski definition) is 1. The van der Waals surface area contributed by atoms with E-state index in [1.54, 1.807) is 6.08 Å². The number of carbonyl (C=O) groups is 1. The van der Waals surface area contributed by atoms with Gasteiger partial charge in [0.1, 0.15) is 0 Å². The molecule has 1 saturated carbocycles. The third-order valence-electron chi connectivity index (χ3n) is 2.73. The normalized spacial score (nSPS) is 14.5. The second-order valence-electron chi connectivity index (χ2n) is 4.10. The van der Waals surface area contributed by atoms with E-state index in [4.69, 9.17) is 0 Å². The minimum absolute atomic E-state index is 0.109. The van der Waals surface area contributed by atoms with Gasteiger partial charge in [0.2, 0.25) is 0 Å². The van der Waals surface area contributed by atoms with Gasteiger partial charge in [-0.15, -0.1) is 6.58 Å². The highest BCUT2D eigenvalue weighted by Gasteiger charge is 2.32.